The van der Waals surface area contributed by atoms with Gasteiger partial charge in [0.15, 0.2) is 0 Å². The Bertz CT molecular complexity index is 730. The maximum Gasteiger partial charge on any atom is 0.139 e. The Morgan fingerprint density at radius 3 is 1.91 bits per heavy atom. The van der Waals surface area contributed by atoms with Gasteiger partial charge >= 0.3 is 0 Å². The fourth-order valence-electron chi connectivity index (χ4n) is 2.54. The standard InChI is InChI=1S/C19H18N2O2/c22-18-9-3-1-7-16(18)21(17-8-2-4-10-19(17)23)13-11-15-6-5-12-20-14-15/h1-10,12,14,22-23H,11,13H2. The summed E-state index contributed by atoms with van der Waals surface area (Å²) in [5, 5.41) is 20.4. The Balaban J connectivity index is 1.94. The van der Waals surface area contributed by atoms with E-state index in [0.717, 1.165) is 12.0 Å². The number of aromatic nitrogens is 1. The highest BCUT2D eigenvalue weighted by Crippen LogP contribution is 2.37. The predicted molar refractivity (Wildman–Crippen MR) is 91.2 cm³/mol. The number of benzene rings is 2. The molecule has 3 aromatic rings. The molecular weight excluding hydrogens is 288 g/mol. The van der Waals surface area contributed by atoms with E-state index in [4.69, 9.17) is 0 Å². The van der Waals surface area contributed by atoms with Crippen LogP contribution in [0.3, 0.4) is 0 Å². The van der Waals surface area contributed by atoms with Gasteiger partial charge in [0, 0.05) is 18.9 Å². The summed E-state index contributed by atoms with van der Waals surface area (Å²) in [6, 6.07) is 18.2. The van der Waals surface area contributed by atoms with Crippen LogP contribution in [0.1, 0.15) is 5.56 Å². The Kier molecular flexibility index (Phi) is 4.43. The Labute approximate surface area is 135 Å². The fourth-order valence-corrected chi connectivity index (χ4v) is 2.54. The van der Waals surface area contributed by atoms with Gasteiger partial charge in [-0.2, -0.15) is 0 Å². The van der Waals surface area contributed by atoms with E-state index in [0.29, 0.717) is 17.9 Å². The third-order valence-electron chi connectivity index (χ3n) is 3.69. The van der Waals surface area contributed by atoms with Gasteiger partial charge in [-0.1, -0.05) is 30.3 Å². The second-order valence-electron chi connectivity index (χ2n) is 5.24. The van der Waals surface area contributed by atoms with Gasteiger partial charge in [0.25, 0.3) is 0 Å². The lowest BCUT2D eigenvalue weighted by atomic mass is 10.1. The first-order valence-electron chi connectivity index (χ1n) is 7.48. The second kappa shape index (κ2) is 6.83. The number of para-hydroxylation sites is 4. The van der Waals surface area contributed by atoms with E-state index in [1.54, 1.807) is 30.5 Å². The molecule has 1 aromatic heterocycles. The number of phenolic OH excluding ortho intramolecular Hbond substituents is 2. The number of pyridine rings is 1. The topological polar surface area (TPSA) is 56.6 Å². The van der Waals surface area contributed by atoms with Crippen molar-refractivity contribution in [3.8, 4) is 11.5 Å². The van der Waals surface area contributed by atoms with Crippen LogP contribution in [0.25, 0.3) is 0 Å². The van der Waals surface area contributed by atoms with Gasteiger partial charge in [-0.15, -0.1) is 0 Å². The van der Waals surface area contributed by atoms with Crippen LogP contribution < -0.4 is 4.90 Å². The van der Waals surface area contributed by atoms with Gasteiger partial charge in [0.05, 0.1) is 11.4 Å². The molecule has 2 N–H and O–H groups in total. The molecule has 0 fully saturated rings. The molecule has 0 spiro atoms. The number of nitrogens with zero attached hydrogens (tertiary/aromatic N) is 2. The summed E-state index contributed by atoms with van der Waals surface area (Å²) in [6.45, 7) is 0.612. The molecular formula is C19H18N2O2. The van der Waals surface area contributed by atoms with Crippen molar-refractivity contribution in [2.45, 2.75) is 6.42 Å². The molecule has 0 atom stereocenters. The summed E-state index contributed by atoms with van der Waals surface area (Å²) < 4.78 is 0. The number of anilines is 2. The summed E-state index contributed by atoms with van der Waals surface area (Å²) in [7, 11) is 0. The minimum absolute atomic E-state index is 0.182. The van der Waals surface area contributed by atoms with E-state index in [1.165, 1.54) is 0 Å². The van der Waals surface area contributed by atoms with Crippen molar-refractivity contribution >= 4 is 11.4 Å². The minimum Gasteiger partial charge on any atom is -0.506 e. The molecule has 0 saturated carbocycles. The van der Waals surface area contributed by atoms with Crippen molar-refractivity contribution in [3.63, 3.8) is 0 Å². The van der Waals surface area contributed by atoms with Crippen molar-refractivity contribution < 1.29 is 10.2 Å². The first kappa shape index (κ1) is 14.9. The molecule has 2 aromatic carbocycles. The van der Waals surface area contributed by atoms with E-state index >= 15 is 0 Å². The molecule has 4 heteroatoms. The lowest BCUT2D eigenvalue weighted by Crippen LogP contribution is -2.20. The SMILES string of the molecule is Oc1ccccc1N(CCc1cccnc1)c1ccccc1O. The van der Waals surface area contributed by atoms with Crippen LogP contribution in [0.2, 0.25) is 0 Å². The van der Waals surface area contributed by atoms with Crippen LogP contribution in [-0.2, 0) is 6.42 Å². The van der Waals surface area contributed by atoms with Gasteiger partial charge in [0.1, 0.15) is 11.5 Å². The van der Waals surface area contributed by atoms with Crippen LogP contribution in [0.5, 0.6) is 11.5 Å². The van der Waals surface area contributed by atoms with Crippen LogP contribution in [0.4, 0.5) is 11.4 Å². The van der Waals surface area contributed by atoms with Crippen LogP contribution in [0, 0.1) is 0 Å². The highest BCUT2D eigenvalue weighted by atomic mass is 16.3. The van der Waals surface area contributed by atoms with E-state index in [9.17, 15) is 10.2 Å². The van der Waals surface area contributed by atoms with Crippen molar-refractivity contribution in [2.24, 2.45) is 0 Å². The molecule has 0 aliphatic rings. The number of phenols is 2. The van der Waals surface area contributed by atoms with Crippen molar-refractivity contribution in [1.82, 2.24) is 4.98 Å². The van der Waals surface area contributed by atoms with Crippen LogP contribution in [-0.4, -0.2) is 21.7 Å². The summed E-state index contributed by atoms with van der Waals surface area (Å²) >= 11 is 0. The Morgan fingerprint density at radius 2 is 1.39 bits per heavy atom. The van der Waals surface area contributed by atoms with Gasteiger partial charge < -0.3 is 15.1 Å². The lowest BCUT2D eigenvalue weighted by molar-refractivity contribution is 0.470. The first-order chi connectivity index (χ1) is 11.3. The molecule has 0 aliphatic heterocycles. The van der Waals surface area contributed by atoms with E-state index < -0.39 is 0 Å². The quantitative estimate of drug-likeness (QED) is 0.751. The normalized spacial score (nSPS) is 10.4. The molecule has 0 saturated heterocycles. The number of hydrogen-bond acceptors (Lipinski definition) is 4. The average molecular weight is 306 g/mol. The lowest BCUT2D eigenvalue weighted by Gasteiger charge is -2.26. The largest absolute Gasteiger partial charge is 0.506 e. The maximum atomic E-state index is 10.2. The summed E-state index contributed by atoms with van der Waals surface area (Å²) in [5.74, 6) is 0.365. The van der Waals surface area contributed by atoms with Crippen LogP contribution in [0.15, 0.2) is 73.1 Å². The zero-order chi connectivity index (χ0) is 16.1. The van der Waals surface area contributed by atoms with E-state index in [1.807, 2.05) is 47.5 Å². The van der Waals surface area contributed by atoms with Crippen molar-refractivity contribution in [1.29, 1.82) is 0 Å². The van der Waals surface area contributed by atoms with Gasteiger partial charge in [-0.3, -0.25) is 4.98 Å². The fraction of sp³-hybridized carbons (Fsp3) is 0.105. The van der Waals surface area contributed by atoms with Crippen molar-refractivity contribution in [2.75, 3.05) is 11.4 Å². The zero-order valence-electron chi connectivity index (χ0n) is 12.6. The molecule has 0 radical (unpaired) electrons. The third-order valence-corrected chi connectivity index (χ3v) is 3.69. The number of hydrogen-bond donors (Lipinski definition) is 2. The highest BCUT2D eigenvalue weighted by Gasteiger charge is 2.16. The molecule has 116 valence electrons. The summed E-state index contributed by atoms with van der Waals surface area (Å²) in [4.78, 5) is 6.04. The van der Waals surface area contributed by atoms with Crippen LogP contribution >= 0.6 is 0 Å². The molecule has 4 nitrogen and oxygen atoms in total. The summed E-state index contributed by atoms with van der Waals surface area (Å²) in [5.41, 5.74) is 2.43. The Hall–Kier alpha value is -3.01. The number of aromatic hydroxyl groups is 2. The average Bonchev–Trinajstić information content (AvgIpc) is 2.59. The monoisotopic (exact) mass is 306 g/mol. The molecule has 1 heterocycles. The molecule has 0 aliphatic carbocycles. The molecule has 3 rings (SSSR count). The maximum absolute atomic E-state index is 10.2. The first-order valence-corrected chi connectivity index (χ1v) is 7.48. The molecule has 0 unspecified atom stereocenters. The molecule has 0 amide bonds. The highest BCUT2D eigenvalue weighted by molar-refractivity contribution is 5.72. The van der Waals surface area contributed by atoms with Crippen molar-refractivity contribution in [3.05, 3.63) is 78.6 Å². The Morgan fingerprint density at radius 1 is 0.783 bits per heavy atom. The minimum atomic E-state index is 0.182. The van der Waals surface area contributed by atoms with E-state index in [2.05, 4.69) is 4.98 Å². The summed E-state index contributed by atoms with van der Waals surface area (Å²) in [6.07, 6.45) is 4.32. The smallest absolute Gasteiger partial charge is 0.139 e. The molecule has 23 heavy (non-hydrogen) atoms. The third kappa shape index (κ3) is 3.43. The predicted octanol–water partition coefficient (Wildman–Crippen LogP) is 3.87. The van der Waals surface area contributed by atoms with Gasteiger partial charge in [-0.05, 0) is 42.3 Å². The van der Waals surface area contributed by atoms with Gasteiger partial charge in [-0.25, -0.2) is 0 Å². The molecule has 0 bridgehead atoms. The van der Waals surface area contributed by atoms with E-state index in [-0.39, 0.29) is 11.5 Å². The second-order valence-corrected chi connectivity index (χ2v) is 5.24. The zero-order valence-corrected chi connectivity index (χ0v) is 12.6. The number of rotatable bonds is 5. The van der Waals surface area contributed by atoms with Gasteiger partial charge in [0.2, 0.25) is 0 Å².